The number of halogens is 1. The van der Waals surface area contributed by atoms with Gasteiger partial charge in [-0.15, -0.1) is 0 Å². The number of nitrogens with one attached hydrogen (secondary N) is 1. The van der Waals surface area contributed by atoms with E-state index in [-0.39, 0.29) is 10.6 Å². The van der Waals surface area contributed by atoms with Crippen molar-refractivity contribution in [2.24, 2.45) is 5.10 Å². The van der Waals surface area contributed by atoms with Crippen LogP contribution in [0.1, 0.15) is 11.1 Å². The van der Waals surface area contributed by atoms with Crippen molar-refractivity contribution in [2.75, 3.05) is 18.0 Å². The molecule has 0 atom stereocenters. The third kappa shape index (κ3) is 5.74. The molecule has 0 aliphatic rings. The molecule has 3 aromatic carbocycles. The molecule has 0 spiro atoms. The van der Waals surface area contributed by atoms with Crippen LogP contribution in [0, 0.1) is 6.92 Å². The van der Waals surface area contributed by atoms with Crippen LogP contribution in [0.5, 0.6) is 5.75 Å². The lowest BCUT2D eigenvalue weighted by molar-refractivity contribution is -0.119. The first kappa shape index (κ1) is 23.5. The monoisotopic (exact) mass is 515 g/mol. The molecule has 0 saturated heterocycles. The van der Waals surface area contributed by atoms with Crippen LogP contribution in [0.4, 0.5) is 5.69 Å². The van der Waals surface area contributed by atoms with Gasteiger partial charge in [0.2, 0.25) is 0 Å². The Kier molecular flexibility index (Phi) is 7.66. The lowest BCUT2D eigenvalue weighted by Gasteiger charge is -2.25. The van der Waals surface area contributed by atoms with Gasteiger partial charge in [-0.2, -0.15) is 5.10 Å². The van der Waals surface area contributed by atoms with E-state index >= 15 is 0 Å². The fourth-order valence-electron chi connectivity index (χ4n) is 2.90. The van der Waals surface area contributed by atoms with Crippen LogP contribution in [0.2, 0.25) is 0 Å². The van der Waals surface area contributed by atoms with Crippen molar-refractivity contribution >= 4 is 43.8 Å². The minimum atomic E-state index is -4.05. The van der Waals surface area contributed by atoms with E-state index < -0.39 is 22.5 Å². The minimum absolute atomic E-state index is 0.0689. The fraction of sp³-hybridized carbons (Fsp3) is 0.130. The molecular weight excluding hydrogens is 494 g/mol. The van der Waals surface area contributed by atoms with Crippen LogP contribution in [0.15, 0.2) is 87.3 Å². The normalized spacial score (nSPS) is 11.3. The zero-order valence-electron chi connectivity index (χ0n) is 17.5. The number of ether oxygens (including phenoxy) is 1. The number of hydrazone groups is 1. The van der Waals surface area contributed by atoms with E-state index in [4.69, 9.17) is 4.74 Å². The molecule has 0 unspecified atom stereocenters. The maximum Gasteiger partial charge on any atom is 0.264 e. The van der Waals surface area contributed by atoms with E-state index in [1.807, 2.05) is 31.2 Å². The van der Waals surface area contributed by atoms with Gasteiger partial charge >= 0.3 is 0 Å². The van der Waals surface area contributed by atoms with E-state index in [0.29, 0.717) is 5.75 Å². The Bertz CT molecular complexity index is 1230. The molecule has 0 fully saturated rings. The number of nitrogens with zero attached hydrogens (tertiary/aromatic N) is 2. The van der Waals surface area contributed by atoms with Crippen molar-refractivity contribution < 1.29 is 17.9 Å². The Balaban J connectivity index is 1.89. The van der Waals surface area contributed by atoms with Gasteiger partial charge in [0, 0.05) is 4.47 Å². The van der Waals surface area contributed by atoms with Crippen LogP contribution >= 0.6 is 15.9 Å². The average molecular weight is 516 g/mol. The maximum absolute atomic E-state index is 13.4. The highest BCUT2D eigenvalue weighted by Crippen LogP contribution is 2.32. The van der Waals surface area contributed by atoms with Crippen LogP contribution in [-0.2, 0) is 14.8 Å². The summed E-state index contributed by atoms with van der Waals surface area (Å²) in [6.07, 6.45) is 1.48. The Morgan fingerprint density at radius 2 is 1.81 bits per heavy atom. The van der Waals surface area contributed by atoms with Crippen molar-refractivity contribution in [1.82, 2.24) is 5.43 Å². The van der Waals surface area contributed by atoms with Gasteiger partial charge in [0.1, 0.15) is 12.3 Å². The van der Waals surface area contributed by atoms with Gasteiger partial charge in [0.05, 0.1) is 23.9 Å². The Hall–Kier alpha value is -3.17. The first-order valence-electron chi connectivity index (χ1n) is 9.61. The van der Waals surface area contributed by atoms with Crippen molar-refractivity contribution in [3.63, 3.8) is 0 Å². The predicted octanol–water partition coefficient (Wildman–Crippen LogP) is 4.11. The molecule has 9 heteroatoms. The van der Waals surface area contributed by atoms with Crippen molar-refractivity contribution in [1.29, 1.82) is 0 Å². The number of hydrogen-bond donors (Lipinski definition) is 1. The molecule has 1 N–H and O–H groups in total. The molecule has 7 nitrogen and oxygen atoms in total. The highest BCUT2D eigenvalue weighted by Gasteiger charge is 2.29. The second-order valence-corrected chi connectivity index (χ2v) is 9.62. The van der Waals surface area contributed by atoms with Gasteiger partial charge < -0.3 is 4.74 Å². The molecule has 0 aliphatic carbocycles. The molecule has 0 saturated carbocycles. The number of rotatable bonds is 8. The van der Waals surface area contributed by atoms with E-state index in [0.717, 1.165) is 19.9 Å². The predicted molar refractivity (Wildman–Crippen MR) is 129 cm³/mol. The van der Waals surface area contributed by atoms with Crippen molar-refractivity contribution in [3.8, 4) is 5.75 Å². The number of aryl methyl sites for hydroxylation is 1. The molecule has 0 bridgehead atoms. The number of carbonyl (C=O) groups excluding carboxylic acids is 1. The summed E-state index contributed by atoms with van der Waals surface area (Å²) in [5.74, 6) is -0.272. The Morgan fingerprint density at radius 1 is 1.09 bits per heavy atom. The molecule has 166 valence electrons. The SMILES string of the molecule is COc1ccccc1N(CC(=O)N/N=C\c1cccc(Br)c1)S(=O)(=O)c1ccc(C)cc1. The van der Waals surface area contributed by atoms with E-state index in [9.17, 15) is 13.2 Å². The van der Waals surface area contributed by atoms with E-state index in [1.165, 1.54) is 25.5 Å². The third-order valence-corrected chi connectivity index (χ3v) is 6.77. The summed E-state index contributed by atoms with van der Waals surface area (Å²) in [6, 6.07) is 20.4. The molecular formula is C23H22BrN3O4S. The molecule has 3 rings (SSSR count). The minimum Gasteiger partial charge on any atom is -0.495 e. The molecule has 0 aromatic heterocycles. The zero-order valence-corrected chi connectivity index (χ0v) is 19.9. The van der Waals surface area contributed by atoms with Crippen LogP contribution in [0.25, 0.3) is 0 Å². The first-order valence-corrected chi connectivity index (χ1v) is 11.8. The summed E-state index contributed by atoms with van der Waals surface area (Å²) in [7, 11) is -2.60. The van der Waals surface area contributed by atoms with Gasteiger partial charge in [-0.3, -0.25) is 9.10 Å². The first-order chi connectivity index (χ1) is 15.3. The molecule has 3 aromatic rings. The van der Waals surface area contributed by atoms with Crippen LogP contribution in [0.3, 0.4) is 0 Å². The van der Waals surface area contributed by atoms with Gasteiger partial charge in [0.15, 0.2) is 0 Å². The summed E-state index contributed by atoms with van der Waals surface area (Å²) in [4.78, 5) is 12.7. The Morgan fingerprint density at radius 3 is 2.50 bits per heavy atom. The van der Waals surface area contributed by atoms with E-state index in [2.05, 4.69) is 26.5 Å². The smallest absolute Gasteiger partial charge is 0.264 e. The lowest BCUT2D eigenvalue weighted by Crippen LogP contribution is -2.39. The zero-order chi connectivity index (χ0) is 23.1. The standard InChI is InChI=1S/C23H22BrN3O4S/c1-17-10-12-20(13-11-17)32(29,30)27(21-8-3-4-9-22(21)31-2)16-23(28)26-25-15-18-6-5-7-19(24)14-18/h3-15H,16H2,1-2H3,(H,26,28)/b25-15-. The van der Waals surface area contributed by atoms with E-state index in [1.54, 1.807) is 36.4 Å². The molecule has 0 radical (unpaired) electrons. The number of para-hydroxylation sites is 2. The summed E-state index contributed by atoms with van der Waals surface area (Å²) >= 11 is 3.37. The fourth-order valence-corrected chi connectivity index (χ4v) is 4.75. The van der Waals surface area contributed by atoms with Crippen LogP contribution < -0.4 is 14.5 Å². The van der Waals surface area contributed by atoms with Gasteiger partial charge in [0.25, 0.3) is 15.9 Å². The van der Waals surface area contributed by atoms with Gasteiger partial charge in [-0.25, -0.2) is 13.8 Å². The van der Waals surface area contributed by atoms with Crippen LogP contribution in [-0.4, -0.2) is 34.2 Å². The highest BCUT2D eigenvalue weighted by atomic mass is 79.9. The number of carbonyl (C=O) groups is 1. The topological polar surface area (TPSA) is 88.1 Å². The second-order valence-electron chi connectivity index (χ2n) is 6.84. The number of amides is 1. The highest BCUT2D eigenvalue weighted by molar-refractivity contribution is 9.10. The number of anilines is 1. The number of sulfonamides is 1. The molecule has 0 aliphatic heterocycles. The third-order valence-electron chi connectivity index (χ3n) is 4.50. The molecule has 1 amide bonds. The quantitative estimate of drug-likeness (QED) is 0.361. The second kappa shape index (κ2) is 10.4. The van der Waals surface area contributed by atoms with Crippen molar-refractivity contribution in [2.45, 2.75) is 11.8 Å². The average Bonchev–Trinajstić information content (AvgIpc) is 2.78. The van der Waals surface area contributed by atoms with Gasteiger partial charge in [-0.05, 0) is 48.9 Å². The number of methoxy groups -OCH3 is 1. The number of benzene rings is 3. The molecule has 32 heavy (non-hydrogen) atoms. The van der Waals surface area contributed by atoms with Gasteiger partial charge in [-0.1, -0.05) is 57.9 Å². The summed E-state index contributed by atoms with van der Waals surface area (Å²) in [6.45, 7) is 1.39. The molecule has 0 heterocycles. The lowest BCUT2D eigenvalue weighted by atomic mass is 10.2. The Labute approximate surface area is 195 Å². The summed E-state index contributed by atoms with van der Waals surface area (Å²) < 4.78 is 34.1. The number of hydrogen-bond acceptors (Lipinski definition) is 5. The van der Waals surface area contributed by atoms with Crippen molar-refractivity contribution in [3.05, 3.63) is 88.4 Å². The maximum atomic E-state index is 13.4. The summed E-state index contributed by atoms with van der Waals surface area (Å²) in [5.41, 5.74) is 4.34. The summed E-state index contributed by atoms with van der Waals surface area (Å²) in [5, 5.41) is 3.94. The largest absolute Gasteiger partial charge is 0.495 e.